The zero-order valence-corrected chi connectivity index (χ0v) is 17.3. The van der Waals surface area contributed by atoms with Gasteiger partial charge in [0.05, 0.1) is 0 Å². The van der Waals surface area contributed by atoms with Gasteiger partial charge in [0.25, 0.3) is 0 Å². The third-order valence-electron chi connectivity index (χ3n) is 4.15. The predicted molar refractivity (Wildman–Crippen MR) is 114 cm³/mol. The second kappa shape index (κ2) is 11.9. The summed E-state index contributed by atoms with van der Waals surface area (Å²) in [5, 5.41) is 55.6. The summed E-state index contributed by atoms with van der Waals surface area (Å²) in [4.78, 5) is 39.6. The Balaban J connectivity index is 2.08. The van der Waals surface area contributed by atoms with Crippen LogP contribution in [0.3, 0.4) is 0 Å². The zero-order valence-electron chi connectivity index (χ0n) is 17.3. The summed E-state index contributed by atoms with van der Waals surface area (Å²) in [7, 11) is 0. The van der Waals surface area contributed by atoms with Gasteiger partial charge in [0.15, 0.2) is 29.1 Å². The van der Waals surface area contributed by atoms with E-state index in [0.717, 1.165) is 24.3 Å². The molecule has 0 bridgehead atoms. The smallest absolute Gasteiger partial charge is 0.349 e. The molecule has 0 saturated heterocycles. The number of esters is 2. The van der Waals surface area contributed by atoms with Crippen LogP contribution in [0, 0.1) is 0 Å². The lowest BCUT2D eigenvalue weighted by atomic mass is 10.2. The average Bonchev–Trinajstić information content (AvgIpc) is 2.78. The maximum absolute atomic E-state index is 12.1. The Morgan fingerprint density at radius 2 is 1.24 bits per heavy atom. The number of carboxylic acid groups (broad SMARTS) is 1. The number of phenols is 4. The van der Waals surface area contributed by atoms with E-state index in [-0.39, 0.29) is 17.1 Å². The highest BCUT2D eigenvalue weighted by Gasteiger charge is 2.35. The molecule has 0 aliphatic heterocycles. The highest BCUT2D eigenvalue weighted by Crippen LogP contribution is 2.26. The molecule has 2 aromatic rings. The molecule has 6 N–H and O–H groups in total. The van der Waals surface area contributed by atoms with Gasteiger partial charge in [0, 0.05) is 12.2 Å². The fraction of sp³-hybridized carbons (Fsp3) is 0.136. The lowest BCUT2D eigenvalue weighted by Crippen LogP contribution is -2.43. The molecule has 2 unspecified atom stereocenters. The Bertz CT molecular complexity index is 1110. The van der Waals surface area contributed by atoms with E-state index < -0.39 is 48.2 Å². The van der Waals surface area contributed by atoms with Crippen molar-refractivity contribution < 1.29 is 59.5 Å². The van der Waals surface area contributed by atoms with Gasteiger partial charge in [0.1, 0.15) is 6.61 Å². The molecule has 0 radical (unpaired) electrons. The molecule has 12 heteroatoms. The van der Waals surface area contributed by atoms with E-state index >= 15 is 0 Å². The molecule has 0 spiro atoms. The van der Waals surface area contributed by atoms with E-state index in [1.165, 1.54) is 36.4 Å². The Morgan fingerprint density at radius 3 is 1.65 bits per heavy atom. The second-order valence-corrected chi connectivity index (χ2v) is 6.63. The van der Waals surface area contributed by atoms with Gasteiger partial charge in [-0.15, -0.1) is 0 Å². The number of phenolic OH excluding ortho intramolecular Hbond substituents is 4. The Morgan fingerprint density at radius 1 is 0.765 bits per heavy atom. The van der Waals surface area contributed by atoms with E-state index in [9.17, 15) is 39.9 Å². The number of aliphatic carboxylic acids is 1. The monoisotopic (exact) mass is 476 g/mol. The average molecular weight is 476 g/mol. The summed E-state index contributed by atoms with van der Waals surface area (Å²) >= 11 is 0. The minimum absolute atomic E-state index is 0.284. The standard InChI is InChI=1S/C22H20O12/c23-14-5-1-12(9-16(14)25)3-7-19(27)33-18(11-32-31)21(22(29)30)34-20(28)8-4-13-2-6-15(24)17(26)10-13/h1-10,18,21,23-26,31H,11H2,(H,29,30)/b7-3+,8-4+. The largest absolute Gasteiger partial charge is 0.504 e. The molecule has 2 atom stereocenters. The molecule has 12 nitrogen and oxygen atoms in total. The van der Waals surface area contributed by atoms with Gasteiger partial charge in [-0.25, -0.2) is 19.3 Å². The van der Waals surface area contributed by atoms with Gasteiger partial charge in [-0.05, 0) is 47.5 Å². The third kappa shape index (κ3) is 7.55. The van der Waals surface area contributed by atoms with E-state index in [0.29, 0.717) is 5.56 Å². The number of carboxylic acids is 1. The van der Waals surface area contributed by atoms with E-state index in [1.54, 1.807) is 0 Å². The van der Waals surface area contributed by atoms with Crippen molar-refractivity contribution in [1.82, 2.24) is 0 Å². The van der Waals surface area contributed by atoms with Crippen LogP contribution in [0.2, 0.25) is 0 Å². The summed E-state index contributed by atoms with van der Waals surface area (Å²) in [5.41, 5.74) is 0.583. The quantitative estimate of drug-likeness (QED) is 0.0953. The lowest BCUT2D eigenvalue weighted by molar-refractivity contribution is -0.265. The maximum Gasteiger partial charge on any atom is 0.349 e. The normalized spacial score (nSPS) is 13.0. The SMILES string of the molecule is O=C(/C=C/c1ccc(O)c(O)c1)OC(COO)C(OC(=O)/C=C/c1ccc(O)c(O)c1)C(=O)O. The Labute approximate surface area is 191 Å². The van der Waals surface area contributed by atoms with Gasteiger partial charge >= 0.3 is 17.9 Å². The molecule has 2 rings (SSSR count). The number of hydrogen-bond acceptors (Lipinski definition) is 11. The molecular weight excluding hydrogens is 456 g/mol. The van der Waals surface area contributed by atoms with Gasteiger partial charge < -0.3 is 35.0 Å². The molecule has 0 fully saturated rings. The van der Waals surface area contributed by atoms with E-state index in [1.807, 2.05) is 0 Å². The summed E-state index contributed by atoms with van der Waals surface area (Å²) in [5.74, 6) is -5.58. The van der Waals surface area contributed by atoms with Crippen LogP contribution in [0.5, 0.6) is 23.0 Å². The number of carbonyl (C=O) groups excluding carboxylic acids is 2. The highest BCUT2D eigenvalue weighted by atomic mass is 17.1. The van der Waals surface area contributed by atoms with Crippen molar-refractivity contribution in [1.29, 1.82) is 0 Å². The Kier molecular flexibility index (Phi) is 9.00. The van der Waals surface area contributed by atoms with Gasteiger partial charge in [0.2, 0.25) is 6.10 Å². The molecule has 0 aliphatic rings. The molecular formula is C22H20O12. The van der Waals surface area contributed by atoms with Crippen molar-refractivity contribution in [2.75, 3.05) is 6.61 Å². The first-order valence-corrected chi connectivity index (χ1v) is 9.41. The molecule has 34 heavy (non-hydrogen) atoms. The zero-order chi connectivity index (χ0) is 25.3. The van der Waals surface area contributed by atoms with Crippen LogP contribution >= 0.6 is 0 Å². The minimum atomic E-state index is -2.06. The molecule has 0 amide bonds. The van der Waals surface area contributed by atoms with Gasteiger partial charge in [-0.3, -0.25) is 5.26 Å². The predicted octanol–water partition coefficient (Wildman–Crippen LogP) is 1.63. The van der Waals surface area contributed by atoms with Crippen molar-refractivity contribution in [2.24, 2.45) is 0 Å². The summed E-state index contributed by atoms with van der Waals surface area (Å²) in [6.45, 7) is -0.848. The number of rotatable bonds is 10. The van der Waals surface area contributed by atoms with E-state index in [2.05, 4.69) is 4.89 Å². The number of aromatic hydroxyl groups is 4. The number of carbonyl (C=O) groups is 3. The molecule has 2 aromatic carbocycles. The lowest BCUT2D eigenvalue weighted by Gasteiger charge is -2.21. The van der Waals surface area contributed by atoms with Crippen LogP contribution in [0.4, 0.5) is 0 Å². The van der Waals surface area contributed by atoms with Crippen LogP contribution < -0.4 is 0 Å². The van der Waals surface area contributed by atoms with Crippen LogP contribution in [-0.4, -0.2) is 67.5 Å². The fourth-order valence-corrected chi connectivity index (χ4v) is 2.51. The van der Waals surface area contributed by atoms with Crippen LogP contribution in [0.1, 0.15) is 11.1 Å². The van der Waals surface area contributed by atoms with E-state index in [4.69, 9.17) is 14.7 Å². The van der Waals surface area contributed by atoms with Gasteiger partial charge in [-0.2, -0.15) is 0 Å². The summed E-state index contributed by atoms with van der Waals surface area (Å²) < 4.78 is 9.72. The molecule has 0 saturated carbocycles. The van der Waals surface area contributed by atoms with Crippen molar-refractivity contribution >= 4 is 30.1 Å². The van der Waals surface area contributed by atoms with Crippen molar-refractivity contribution in [3.63, 3.8) is 0 Å². The maximum atomic E-state index is 12.1. The Hall–Kier alpha value is -4.55. The molecule has 0 aliphatic carbocycles. The molecule has 180 valence electrons. The van der Waals surface area contributed by atoms with Crippen LogP contribution in [0.15, 0.2) is 48.6 Å². The van der Waals surface area contributed by atoms with Gasteiger partial charge in [-0.1, -0.05) is 12.1 Å². The number of ether oxygens (including phenoxy) is 2. The first-order chi connectivity index (χ1) is 16.1. The topological polar surface area (TPSA) is 200 Å². The molecule has 0 aromatic heterocycles. The first-order valence-electron chi connectivity index (χ1n) is 9.41. The van der Waals surface area contributed by atoms with Crippen LogP contribution in [-0.2, 0) is 28.7 Å². The minimum Gasteiger partial charge on any atom is -0.504 e. The summed E-state index contributed by atoms with van der Waals surface area (Å²) in [6.07, 6.45) is 0.247. The second-order valence-electron chi connectivity index (χ2n) is 6.63. The number of benzene rings is 2. The van der Waals surface area contributed by atoms with Crippen molar-refractivity contribution in [3.8, 4) is 23.0 Å². The summed E-state index contributed by atoms with van der Waals surface area (Å²) in [6, 6.07) is 7.36. The fourth-order valence-electron chi connectivity index (χ4n) is 2.51. The molecule has 0 heterocycles. The van der Waals surface area contributed by atoms with Crippen molar-refractivity contribution in [2.45, 2.75) is 12.2 Å². The van der Waals surface area contributed by atoms with Crippen molar-refractivity contribution in [3.05, 3.63) is 59.7 Å². The highest BCUT2D eigenvalue weighted by molar-refractivity contribution is 5.90. The van der Waals surface area contributed by atoms with Crippen LogP contribution in [0.25, 0.3) is 12.2 Å². The first kappa shape index (κ1) is 25.7. The number of hydrogen-bond donors (Lipinski definition) is 6. The third-order valence-corrected chi connectivity index (χ3v) is 4.15.